The standard InChI is InChI=1S/C21H17Cl2FN4O2/c1-12-9-20(26-28(12)11-15-16(22)3-2-4-17(15)23)25-21(29)19-10-18(27-30-19)13-5-7-14(24)8-6-13/h2-9,19H,10-11H2,1H3,(H,25,26,29)/t19-/m0/s1. The molecule has 0 saturated heterocycles. The topological polar surface area (TPSA) is 68.5 Å². The minimum atomic E-state index is -0.784. The van der Waals surface area contributed by atoms with E-state index in [1.54, 1.807) is 41.1 Å². The van der Waals surface area contributed by atoms with Crippen molar-refractivity contribution in [2.75, 3.05) is 5.32 Å². The van der Waals surface area contributed by atoms with Crippen molar-refractivity contribution < 1.29 is 14.0 Å². The lowest BCUT2D eigenvalue weighted by Crippen LogP contribution is -2.28. The van der Waals surface area contributed by atoms with Crippen LogP contribution in [0.1, 0.15) is 23.2 Å². The molecule has 9 heteroatoms. The van der Waals surface area contributed by atoms with E-state index in [1.165, 1.54) is 12.1 Å². The molecule has 3 aromatic rings. The van der Waals surface area contributed by atoms with Crippen LogP contribution in [0.25, 0.3) is 0 Å². The van der Waals surface area contributed by atoms with Gasteiger partial charge in [-0.15, -0.1) is 0 Å². The van der Waals surface area contributed by atoms with Crippen molar-refractivity contribution in [3.05, 3.63) is 81.2 Å². The molecule has 1 amide bonds. The summed E-state index contributed by atoms with van der Waals surface area (Å²) in [5, 5.41) is 12.2. The third-order valence-electron chi connectivity index (χ3n) is 4.74. The SMILES string of the molecule is Cc1cc(NC(=O)[C@@H]2CC(c3ccc(F)cc3)=NO2)nn1Cc1c(Cl)cccc1Cl. The number of amides is 1. The molecule has 1 aromatic heterocycles. The minimum Gasteiger partial charge on any atom is -0.382 e. The van der Waals surface area contributed by atoms with Crippen molar-refractivity contribution in [1.29, 1.82) is 0 Å². The number of nitrogens with zero attached hydrogens (tertiary/aromatic N) is 3. The van der Waals surface area contributed by atoms with Gasteiger partial charge in [0, 0.05) is 33.8 Å². The summed E-state index contributed by atoms with van der Waals surface area (Å²) in [5.41, 5.74) is 2.88. The number of oxime groups is 1. The Morgan fingerprint density at radius 3 is 2.63 bits per heavy atom. The first-order chi connectivity index (χ1) is 14.4. The number of hydrogen-bond acceptors (Lipinski definition) is 4. The maximum absolute atomic E-state index is 13.1. The van der Waals surface area contributed by atoms with Crippen LogP contribution in [0.5, 0.6) is 0 Å². The number of aryl methyl sites for hydroxylation is 1. The van der Waals surface area contributed by atoms with Gasteiger partial charge in [0.15, 0.2) is 5.82 Å². The number of carbonyl (C=O) groups is 1. The Morgan fingerprint density at radius 1 is 1.23 bits per heavy atom. The van der Waals surface area contributed by atoms with Gasteiger partial charge in [0.25, 0.3) is 5.91 Å². The number of hydrogen-bond donors (Lipinski definition) is 1. The normalized spacial score (nSPS) is 15.6. The molecule has 0 bridgehead atoms. The molecule has 6 nitrogen and oxygen atoms in total. The molecule has 0 fully saturated rings. The van der Waals surface area contributed by atoms with Gasteiger partial charge in [-0.1, -0.05) is 46.6 Å². The molecule has 1 N–H and O–H groups in total. The monoisotopic (exact) mass is 446 g/mol. The van der Waals surface area contributed by atoms with Crippen molar-refractivity contribution in [3.8, 4) is 0 Å². The van der Waals surface area contributed by atoms with Gasteiger partial charge in [0.2, 0.25) is 6.10 Å². The molecule has 0 aliphatic carbocycles. The largest absolute Gasteiger partial charge is 0.382 e. The maximum atomic E-state index is 13.1. The average Bonchev–Trinajstić information content (AvgIpc) is 3.33. The zero-order valence-electron chi connectivity index (χ0n) is 15.9. The predicted octanol–water partition coefficient (Wildman–Crippen LogP) is 4.82. The van der Waals surface area contributed by atoms with Gasteiger partial charge < -0.3 is 10.2 Å². The van der Waals surface area contributed by atoms with Gasteiger partial charge in [-0.25, -0.2) is 4.39 Å². The average molecular weight is 447 g/mol. The number of benzene rings is 2. The Morgan fingerprint density at radius 2 is 1.93 bits per heavy atom. The Kier molecular flexibility index (Phi) is 5.74. The van der Waals surface area contributed by atoms with Crippen molar-refractivity contribution in [1.82, 2.24) is 9.78 Å². The van der Waals surface area contributed by atoms with Crippen molar-refractivity contribution in [3.63, 3.8) is 0 Å². The summed E-state index contributed by atoms with van der Waals surface area (Å²) in [6.07, 6.45) is -0.500. The smallest absolute Gasteiger partial charge is 0.269 e. The highest BCUT2D eigenvalue weighted by Gasteiger charge is 2.29. The van der Waals surface area contributed by atoms with Crippen LogP contribution in [-0.4, -0.2) is 27.5 Å². The fourth-order valence-corrected chi connectivity index (χ4v) is 3.62. The van der Waals surface area contributed by atoms with Crippen LogP contribution in [0, 0.1) is 12.7 Å². The lowest BCUT2D eigenvalue weighted by Gasteiger charge is -2.09. The van der Waals surface area contributed by atoms with Crippen LogP contribution in [-0.2, 0) is 16.2 Å². The summed E-state index contributed by atoms with van der Waals surface area (Å²) in [7, 11) is 0. The van der Waals surface area contributed by atoms with E-state index < -0.39 is 6.10 Å². The summed E-state index contributed by atoms with van der Waals surface area (Å²) in [4.78, 5) is 17.8. The molecular formula is C21H17Cl2FN4O2. The Labute approximate surface area is 182 Å². The van der Waals surface area contributed by atoms with E-state index in [1.807, 2.05) is 6.92 Å². The van der Waals surface area contributed by atoms with Crippen LogP contribution >= 0.6 is 23.2 Å². The molecule has 154 valence electrons. The molecule has 2 aromatic carbocycles. The molecule has 4 rings (SSSR count). The third-order valence-corrected chi connectivity index (χ3v) is 5.45. The summed E-state index contributed by atoms with van der Waals surface area (Å²) < 4.78 is 14.8. The zero-order valence-corrected chi connectivity index (χ0v) is 17.4. The number of nitrogens with one attached hydrogen (secondary N) is 1. The maximum Gasteiger partial charge on any atom is 0.269 e. The third kappa shape index (κ3) is 4.32. The van der Waals surface area contributed by atoms with Gasteiger partial charge >= 0.3 is 0 Å². The number of halogens is 3. The van der Waals surface area contributed by atoms with Gasteiger partial charge in [-0.05, 0) is 36.8 Å². The molecule has 30 heavy (non-hydrogen) atoms. The van der Waals surface area contributed by atoms with E-state index >= 15 is 0 Å². The highest BCUT2D eigenvalue weighted by molar-refractivity contribution is 6.36. The van der Waals surface area contributed by atoms with Gasteiger partial charge in [0.05, 0.1) is 12.3 Å². The van der Waals surface area contributed by atoms with Gasteiger partial charge in [-0.2, -0.15) is 5.10 Å². The van der Waals surface area contributed by atoms with Crippen LogP contribution in [0.15, 0.2) is 53.7 Å². The fourth-order valence-electron chi connectivity index (χ4n) is 3.10. The highest BCUT2D eigenvalue weighted by Crippen LogP contribution is 2.26. The number of rotatable bonds is 5. The first kappa shape index (κ1) is 20.4. The second-order valence-electron chi connectivity index (χ2n) is 6.86. The van der Waals surface area contributed by atoms with Crippen LogP contribution < -0.4 is 5.32 Å². The Balaban J connectivity index is 1.41. The van der Waals surface area contributed by atoms with Crippen molar-refractivity contribution in [2.45, 2.75) is 26.0 Å². The number of carbonyl (C=O) groups excluding carboxylic acids is 1. The lowest BCUT2D eigenvalue weighted by molar-refractivity contribution is -0.125. The van der Waals surface area contributed by atoms with Crippen molar-refractivity contribution in [2.24, 2.45) is 5.16 Å². The van der Waals surface area contributed by atoms with Crippen LogP contribution in [0.2, 0.25) is 10.0 Å². The van der Waals surface area contributed by atoms with Gasteiger partial charge in [-0.3, -0.25) is 9.48 Å². The van der Waals surface area contributed by atoms with E-state index in [-0.39, 0.29) is 18.1 Å². The van der Waals surface area contributed by atoms with E-state index in [4.69, 9.17) is 28.0 Å². The molecule has 1 aliphatic rings. The second kappa shape index (κ2) is 8.45. The van der Waals surface area contributed by atoms with E-state index in [0.717, 1.165) is 11.3 Å². The molecule has 0 spiro atoms. The Bertz CT molecular complexity index is 1110. The molecule has 2 heterocycles. The summed E-state index contributed by atoms with van der Waals surface area (Å²) >= 11 is 12.5. The Hall–Kier alpha value is -2.90. The van der Waals surface area contributed by atoms with E-state index in [0.29, 0.717) is 33.7 Å². The lowest BCUT2D eigenvalue weighted by atomic mass is 10.0. The van der Waals surface area contributed by atoms with E-state index in [2.05, 4.69) is 15.6 Å². The second-order valence-corrected chi connectivity index (χ2v) is 7.68. The summed E-state index contributed by atoms with van der Waals surface area (Å²) in [6.45, 7) is 2.24. The first-order valence-electron chi connectivity index (χ1n) is 9.17. The number of anilines is 1. The first-order valence-corrected chi connectivity index (χ1v) is 9.93. The summed E-state index contributed by atoms with van der Waals surface area (Å²) in [5.74, 6) is -0.313. The number of aromatic nitrogens is 2. The predicted molar refractivity (Wildman–Crippen MR) is 114 cm³/mol. The van der Waals surface area contributed by atoms with Gasteiger partial charge in [0.1, 0.15) is 5.82 Å². The van der Waals surface area contributed by atoms with Crippen molar-refractivity contribution >= 4 is 40.6 Å². The summed E-state index contributed by atoms with van der Waals surface area (Å²) in [6, 6.07) is 12.9. The fraction of sp³-hybridized carbons (Fsp3) is 0.190. The quantitative estimate of drug-likeness (QED) is 0.610. The molecule has 0 radical (unpaired) electrons. The molecule has 1 aliphatic heterocycles. The van der Waals surface area contributed by atoms with E-state index in [9.17, 15) is 9.18 Å². The highest BCUT2D eigenvalue weighted by atomic mass is 35.5. The van der Waals surface area contributed by atoms with Crippen LogP contribution in [0.3, 0.4) is 0 Å². The molecule has 0 unspecified atom stereocenters. The molecule has 1 atom stereocenters. The molecule has 0 saturated carbocycles. The minimum absolute atomic E-state index is 0.284. The van der Waals surface area contributed by atoms with Crippen LogP contribution in [0.4, 0.5) is 10.2 Å². The molecular weight excluding hydrogens is 430 g/mol. The zero-order chi connectivity index (χ0) is 21.3.